The molecule has 0 spiro atoms. The number of hydrogen-bond donors (Lipinski definition) is 1. The minimum atomic E-state index is -4.76. The van der Waals surface area contributed by atoms with Gasteiger partial charge in [-0.25, -0.2) is 9.18 Å². The lowest BCUT2D eigenvalue weighted by atomic mass is 10.0. The maximum Gasteiger partial charge on any atom is 0.416 e. The van der Waals surface area contributed by atoms with Crippen molar-refractivity contribution >= 4 is 17.9 Å². The largest absolute Gasteiger partial charge is 0.444 e. The fourth-order valence-electron chi connectivity index (χ4n) is 4.49. The third-order valence-electron chi connectivity index (χ3n) is 6.17. The van der Waals surface area contributed by atoms with E-state index >= 15 is 0 Å². The first kappa shape index (κ1) is 25.4. The standard InChI is InChI=1S/C24H24F4N4O4/c25-18-9-16(8-17(10-18)24(26,27)28)14-36-23(35)31-7-6-21(33)32-19(11-29)22(34)30(13-20(31)32)12-15-4-2-1-3-5-15/h1-5,8-10,19-20H,6-7,11-14,29H2/t19-,20+/m0/s1. The second kappa shape index (κ2) is 10.1. The number of ether oxygens (including phenoxy) is 1. The van der Waals surface area contributed by atoms with E-state index in [1.54, 1.807) is 0 Å². The first-order valence-corrected chi connectivity index (χ1v) is 11.2. The van der Waals surface area contributed by atoms with Crippen LogP contribution in [0, 0.1) is 5.82 Å². The SMILES string of the molecule is NC[C@H]1C(=O)N(Cc2ccccc2)C[C@@H]2N(C(=O)OCc3cc(F)cc(C(F)(F)F)c3)CCC(=O)N21. The number of nitrogens with two attached hydrogens (primary N) is 1. The Kier molecular flexibility index (Phi) is 7.16. The molecule has 0 unspecified atom stereocenters. The smallest absolute Gasteiger partial charge is 0.416 e. The van der Waals surface area contributed by atoms with Crippen molar-refractivity contribution in [3.63, 3.8) is 0 Å². The second-order valence-electron chi connectivity index (χ2n) is 8.58. The molecule has 3 amide bonds. The summed E-state index contributed by atoms with van der Waals surface area (Å²) >= 11 is 0. The quantitative estimate of drug-likeness (QED) is 0.627. The molecule has 8 nitrogen and oxygen atoms in total. The molecule has 192 valence electrons. The number of hydrogen-bond acceptors (Lipinski definition) is 5. The summed E-state index contributed by atoms with van der Waals surface area (Å²) in [7, 11) is 0. The minimum Gasteiger partial charge on any atom is -0.444 e. The van der Waals surface area contributed by atoms with Gasteiger partial charge in [-0.1, -0.05) is 30.3 Å². The summed E-state index contributed by atoms with van der Waals surface area (Å²) in [5.74, 6) is -1.80. The van der Waals surface area contributed by atoms with Gasteiger partial charge in [0.2, 0.25) is 11.8 Å². The van der Waals surface area contributed by atoms with E-state index in [0.717, 1.165) is 11.6 Å². The van der Waals surface area contributed by atoms with Gasteiger partial charge in [0.15, 0.2) is 0 Å². The molecule has 2 atom stereocenters. The molecule has 0 saturated carbocycles. The van der Waals surface area contributed by atoms with Crippen molar-refractivity contribution in [2.45, 2.75) is 38.0 Å². The van der Waals surface area contributed by atoms with Crippen LogP contribution >= 0.6 is 0 Å². The molecule has 2 N–H and O–H groups in total. The van der Waals surface area contributed by atoms with Crippen LogP contribution in [0.5, 0.6) is 0 Å². The maximum absolute atomic E-state index is 13.7. The molecule has 4 rings (SSSR count). The number of benzene rings is 2. The van der Waals surface area contributed by atoms with Crippen molar-refractivity contribution in [1.29, 1.82) is 0 Å². The Bertz CT molecular complexity index is 1140. The molecular formula is C24H24F4N4O4. The van der Waals surface area contributed by atoms with Gasteiger partial charge in [-0.2, -0.15) is 13.2 Å². The van der Waals surface area contributed by atoms with Crippen LogP contribution in [0.3, 0.4) is 0 Å². The first-order valence-electron chi connectivity index (χ1n) is 11.2. The monoisotopic (exact) mass is 508 g/mol. The summed E-state index contributed by atoms with van der Waals surface area (Å²) in [4.78, 5) is 42.8. The molecule has 2 heterocycles. The highest BCUT2D eigenvalue weighted by atomic mass is 19.4. The summed E-state index contributed by atoms with van der Waals surface area (Å²) < 4.78 is 57.9. The number of piperazine rings is 1. The third kappa shape index (κ3) is 5.27. The predicted molar refractivity (Wildman–Crippen MR) is 118 cm³/mol. The Labute approximate surface area is 204 Å². The van der Waals surface area contributed by atoms with Crippen LogP contribution in [0.4, 0.5) is 22.4 Å². The number of amides is 3. The Morgan fingerprint density at radius 2 is 1.81 bits per heavy atom. The zero-order chi connectivity index (χ0) is 26.0. The summed E-state index contributed by atoms with van der Waals surface area (Å²) in [6, 6.07) is 10.1. The van der Waals surface area contributed by atoms with Crippen molar-refractivity contribution in [3.05, 3.63) is 71.0 Å². The number of carbonyl (C=O) groups is 3. The third-order valence-corrected chi connectivity index (χ3v) is 6.17. The van der Waals surface area contributed by atoms with Crippen LogP contribution in [0.1, 0.15) is 23.1 Å². The fourth-order valence-corrected chi connectivity index (χ4v) is 4.49. The van der Waals surface area contributed by atoms with Gasteiger partial charge in [-0.05, 0) is 29.3 Å². The molecule has 2 fully saturated rings. The summed E-state index contributed by atoms with van der Waals surface area (Å²) in [6.07, 6.45) is -6.61. The number of alkyl halides is 3. The van der Waals surface area contributed by atoms with Crippen molar-refractivity contribution < 1.29 is 36.7 Å². The van der Waals surface area contributed by atoms with Crippen LogP contribution in [0.15, 0.2) is 48.5 Å². The van der Waals surface area contributed by atoms with Gasteiger partial charge in [0, 0.05) is 26.1 Å². The normalized spacial score (nSPS) is 20.4. The van der Waals surface area contributed by atoms with Gasteiger partial charge in [-0.15, -0.1) is 0 Å². The van der Waals surface area contributed by atoms with Gasteiger partial charge in [0.05, 0.1) is 12.1 Å². The predicted octanol–water partition coefficient (Wildman–Crippen LogP) is 2.71. The molecule has 2 saturated heterocycles. The van der Waals surface area contributed by atoms with Gasteiger partial charge < -0.3 is 20.3 Å². The number of nitrogens with zero attached hydrogens (tertiary/aromatic N) is 3. The molecular weight excluding hydrogens is 484 g/mol. The minimum absolute atomic E-state index is 0.00323. The van der Waals surface area contributed by atoms with Crippen molar-refractivity contribution in [2.75, 3.05) is 19.6 Å². The Morgan fingerprint density at radius 1 is 1.08 bits per heavy atom. The van der Waals surface area contributed by atoms with E-state index < -0.39 is 42.5 Å². The Morgan fingerprint density at radius 3 is 2.47 bits per heavy atom. The molecule has 2 aromatic carbocycles. The van der Waals surface area contributed by atoms with E-state index in [-0.39, 0.29) is 50.0 Å². The molecule has 0 aromatic heterocycles. The lowest BCUT2D eigenvalue weighted by Gasteiger charge is -2.51. The highest BCUT2D eigenvalue weighted by molar-refractivity contribution is 5.90. The average Bonchev–Trinajstić information content (AvgIpc) is 2.83. The highest BCUT2D eigenvalue weighted by Gasteiger charge is 2.48. The molecule has 0 radical (unpaired) electrons. The zero-order valence-corrected chi connectivity index (χ0v) is 19.1. The average molecular weight is 508 g/mol. The van der Waals surface area contributed by atoms with Crippen LogP contribution < -0.4 is 5.73 Å². The van der Waals surface area contributed by atoms with Crippen molar-refractivity contribution in [1.82, 2.24) is 14.7 Å². The number of halogens is 4. The van der Waals surface area contributed by atoms with Crippen molar-refractivity contribution in [3.8, 4) is 0 Å². The summed E-state index contributed by atoms with van der Waals surface area (Å²) in [6.45, 7) is -0.534. The van der Waals surface area contributed by atoms with Gasteiger partial charge in [-0.3, -0.25) is 14.5 Å². The molecule has 36 heavy (non-hydrogen) atoms. The van der Waals surface area contributed by atoms with Gasteiger partial charge in [0.1, 0.15) is 24.6 Å². The number of fused-ring (bicyclic) bond motifs is 1. The Balaban J connectivity index is 1.52. The second-order valence-corrected chi connectivity index (χ2v) is 8.58. The van der Waals surface area contributed by atoms with Crippen LogP contribution in [0.2, 0.25) is 0 Å². The lowest BCUT2D eigenvalue weighted by Crippen LogP contribution is -2.72. The highest BCUT2D eigenvalue weighted by Crippen LogP contribution is 2.31. The summed E-state index contributed by atoms with van der Waals surface area (Å²) in [5.41, 5.74) is 5.31. The zero-order valence-electron chi connectivity index (χ0n) is 19.1. The first-order chi connectivity index (χ1) is 17.1. The molecule has 2 aliphatic rings. The van der Waals surface area contributed by atoms with E-state index in [4.69, 9.17) is 10.5 Å². The molecule has 2 aromatic rings. The van der Waals surface area contributed by atoms with E-state index in [1.807, 2.05) is 30.3 Å². The maximum atomic E-state index is 13.7. The van der Waals surface area contributed by atoms with E-state index in [0.29, 0.717) is 12.1 Å². The number of rotatable bonds is 5. The molecule has 12 heteroatoms. The van der Waals surface area contributed by atoms with Crippen LogP contribution in [-0.4, -0.2) is 64.4 Å². The molecule has 0 bridgehead atoms. The molecule has 0 aliphatic carbocycles. The lowest BCUT2D eigenvalue weighted by molar-refractivity contribution is -0.167. The van der Waals surface area contributed by atoms with Crippen LogP contribution in [-0.2, 0) is 33.7 Å². The number of carbonyl (C=O) groups excluding carboxylic acids is 3. The topological polar surface area (TPSA) is 96.2 Å². The fraction of sp³-hybridized carbons (Fsp3) is 0.375. The van der Waals surface area contributed by atoms with Gasteiger partial charge >= 0.3 is 12.3 Å². The van der Waals surface area contributed by atoms with Gasteiger partial charge in [0.25, 0.3) is 0 Å². The summed E-state index contributed by atoms with van der Waals surface area (Å²) in [5, 5.41) is 0. The Hall–Kier alpha value is -3.67. The van der Waals surface area contributed by atoms with Crippen LogP contribution in [0.25, 0.3) is 0 Å². The van der Waals surface area contributed by atoms with E-state index in [1.165, 1.54) is 14.7 Å². The molecule has 2 aliphatic heterocycles. The van der Waals surface area contributed by atoms with E-state index in [9.17, 15) is 31.9 Å². The van der Waals surface area contributed by atoms with E-state index in [2.05, 4.69) is 0 Å². The van der Waals surface area contributed by atoms with Crippen molar-refractivity contribution in [2.24, 2.45) is 5.73 Å².